The SMILES string of the molecule is COCCCOCCC(CNC(C)C)CC(C)C. The third-order valence-electron chi connectivity index (χ3n) is 2.93. The molecule has 0 spiro atoms. The van der Waals surface area contributed by atoms with Gasteiger partial charge in [0.1, 0.15) is 0 Å². The Kier molecular flexibility index (Phi) is 11.9. The topological polar surface area (TPSA) is 30.5 Å². The highest BCUT2D eigenvalue weighted by Gasteiger charge is 2.11. The Hall–Kier alpha value is -0.120. The van der Waals surface area contributed by atoms with Crippen LogP contribution in [0.3, 0.4) is 0 Å². The van der Waals surface area contributed by atoms with Crippen LogP contribution in [-0.4, -0.2) is 39.5 Å². The zero-order chi connectivity index (χ0) is 13.8. The van der Waals surface area contributed by atoms with Gasteiger partial charge in [-0.2, -0.15) is 0 Å². The lowest BCUT2D eigenvalue weighted by Crippen LogP contribution is -2.30. The van der Waals surface area contributed by atoms with Gasteiger partial charge in [-0.3, -0.25) is 0 Å². The molecule has 0 heterocycles. The van der Waals surface area contributed by atoms with Crippen LogP contribution in [0.15, 0.2) is 0 Å². The Balaban J connectivity index is 3.65. The molecule has 0 saturated carbocycles. The van der Waals surface area contributed by atoms with Gasteiger partial charge < -0.3 is 14.8 Å². The summed E-state index contributed by atoms with van der Waals surface area (Å²) in [7, 11) is 1.73. The van der Waals surface area contributed by atoms with Crippen molar-refractivity contribution in [1.82, 2.24) is 5.32 Å². The molecule has 0 aromatic carbocycles. The summed E-state index contributed by atoms with van der Waals surface area (Å²) >= 11 is 0. The van der Waals surface area contributed by atoms with Gasteiger partial charge in [-0.1, -0.05) is 27.7 Å². The van der Waals surface area contributed by atoms with E-state index in [0.717, 1.165) is 51.0 Å². The van der Waals surface area contributed by atoms with Gasteiger partial charge in [-0.25, -0.2) is 0 Å². The van der Waals surface area contributed by atoms with E-state index < -0.39 is 0 Å². The van der Waals surface area contributed by atoms with Crippen LogP contribution < -0.4 is 5.32 Å². The summed E-state index contributed by atoms with van der Waals surface area (Å²) in [6, 6.07) is 0.572. The van der Waals surface area contributed by atoms with E-state index in [2.05, 4.69) is 33.0 Å². The van der Waals surface area contributed by atoms with Crippen LogP contribution in [0, 0.1) is 11.8 Å². The molecule has 3 nitrogen and oxygen atoms in total. The quantitative estimate of drug-likeness (QED) is 0.546. The van der Waals surface area contributed by atoms with Gasteiger partial charge in [0.25, 0.3) is 0 Å². The lowest BCUT2D eigenvalue weighted by molar-refractivity contribution is 0.0914. The smallest absolute Gasteiger partial charge is 0.0487 e. The summed E-state index contributed by atoms with van der Waals surface area (Å²) in [5.74, 6) is 1.49. The van der Waals surface area contributed by atoms with Gasteiger partial charge >= 0.3 is 0 Å². The second kappa shape index (κ2) is 11.9. The molecule has 0 bridgehead atoms. The molecule has 0 amide bonds. The molecule has 0 aromatic rings. The van der Waals surface area contributed by atoms with E-state index in [1.807, 2.05) is 0 Å². The van der Waals surface area contributed by atoms with Crippen LogP contribution in [0.4, 0.5) is 0 Å². The second-order valence-corrected chi connectivity index (χ2v) is 5.81. The first-order valence-corrected chi connectivity index (χ1v) is 7.36. The van der Waals surface area contributed by atoms with Crippen molar-refractivity contribution in [3.8, 4) is 0 Å². The second-order valence-electron chi connectivity index (χ2n) is 5.81. The standard InChI is InChI=1S/C15H33NO2/c1-13(2)11-15(12-16-14(3)4)7-10-18-9-6-8-17-5/h13-16H,6-12H2,1-5H3. The molecule has 0 fully saturated rings. The van der Waals surface area contributed by atoms with E-state index in [4.69, 9.17) is 9.47 Å². The molecule has 1 unspecified atom stereocenters. The predicted octanol–water partition coefficient (Wildman–Crippen LogP) is 3.09. The Bertz CT molecular complexity index is 172. The maximum Gasteiger partial charge on any atom is 0.0487 e. The number of hydrogen-bond donors (Lipinski definition) is 1. The van der Waals surface area contributed by atoms with E-state index in [-0.39, 0.29) is 0 Å². The van der Waals surface area contributed by atoms with Crippen LogP contribution >= 0.6 is 0 Å². The molecule has 1 atom stereocenters. The summed E-state index contributed by atoms with van der Waals surface area (Å²) in [5.41, 5.74) is 0. The van der Waals surface area contributed by atoms with Gasteiger partial charge in [0, 0.05) is 33.0 Å². The average molecular weight is 259 g/mol. The first-order chi connectivity index (χ1) is 8.56. The molecule has 1 N–H and O–H groups in total. The molecule has 0 rings (SSSR count). The predicted molar refractivity (Wildman–Crippen MR) is 78.0 cm³/mol. The van der Waals surface area contributed by atoms with Crippen molar-refractivity contribution in [2.24, 2.45) is 11.8 Å². The van der Waals surface area contributed by atoms with Crippen molar-refractivity contribution in [2.75, 3.05) is 33.5 Å². The Morgan fingerprint density at radius 2 is 1.72 bits per heavy atom. The van der Waals surface area contributed by atoms with Crippen molar-refractivity contribution in [3.05, 3.63) is 0 Å². The summed E-state index contributed by atoms with van der Waals surface area (Å²) in [5, 5.41) is 3.54. The highest BCUT2D eigenvalue weighted by atomic mass is 16.5. The summed E-state index contributed by atoms with van der Waals surface area (Å²) < 4.78 is 10.6. The zero-order valence-electron chi connectivity index (χ0n) is 13.0. The molecule has 18 heavy (non-hydrogen) atoms. The van der Waals surface area contributed by atoms with Gasteiger partial charge in [0.2, 0.25) is 0 Å². The van der Waals surface area contributed by atoms with Crippen LogP contribution in [0.25, 0.3) is 0 Å². The minimum absolute atomic E-state index is 0.572. The minimum atomic E-state index is 0.572. The molecule has 0 radical (unpaired) electrons. The third kappa shape index (κ3) is 12.3. The van der Waals surface area contributed by atoms with E-state index >= 15 is 0 Å². The highest BCUT2D eigenvalue weighted by Crippen LogP contribution is 2.15. The Morgan fingerprint density at radius 3 is 2.28 bits per heavy atom. The molecular weight excluding hydrogens is 226 g/mol. The molecule has 0 aliphatic rings. The number of hydrogen-bond acceptors (Lipinski definition) is 3. The van der Waals surface area contributed by atoms with Crippen molar-refractivity contribution < 1.29 is 9.47 Å². The lowest BCUT2D eigenvalue weighted by atomic mass is 9.94. The third-order valence-corrected chi connectivity index (χ3v) is 2.93. The zero-order valence-corrected chi connectivity index (χ0v) is 13.0. The first kappa shape index (κ1) is 17.9. The fourth-order valence-corrected chi connectivity index (χ4v) is 2.03. The van der Waals surface area contributed by atoms with Crippen molar-refractivity contribution in [1.29, 1.82) is 0 Å². The van der Waals surface area contributed by atoms with Crippen molar-refractivity contribution in [2.45, 2.75) is 53.0 Å². The van der Waals surface area contributed by atoms with E-state index in [9.17, 15) is 0 Å². The lowest BCUT2D eigenvalue weighted by Gasteiger charge is -2.21. The molecule has 0 aliphatic carbocycles. The summed E-state index contributed by atoms with van der Waals surface area (Å²) in [6.07, 6.45) is 3.43. The van der Waals surface area contributed by atoms with Crippen LogP contribution in [-0.2, 0) is 9.47 Å². The largest absolute Gasteiger partial charge is 0.385 e. The van der Waals surface area contributed by atoms with Crippen LogP contribution in [0.2, 0.25) is 0 Å². The molecule has 0 saturated heterocycles. The first-order valence-electron chi connectivity index (χ1n) is 7.36. The van der Waals surface area contributed by atoms with Gasteiger partial charge in [0.15, 0.2) is 0 Å². The molecule has 3 heteroatoms. The molecule has 0 aromatic heterocycles. The summed E-state index contributed by atoms with van der Waals surface area (Å²) in [4.78, 5) is 0. The Labute approximate surface area is 114 Å². The minimum Gasteiger partial charge on any atom is -0.385 e. The Morgan fingerprint density at radius 1 is 1.00 bits per heavy atom. The highest BCUT2D eigenvalue weighted by molar-refractivity contribution is 4.66. The van der Waals surface area contributed by atoms with E-state index in [1.54, 1.807) is 7.11 Å². The maximum absolute atomic E-state index is 5.65. The van der Waals surface area contributed by atoms with Gasteiger partial charge in [-0.15, -0.1) is 0 Å². The fraction of sp³-hybridized carbons (Fsp3) is 1.00. The monoisotopic (exact) mass is 259 g/mol. The van der Waals surface area contributed by atoms with Crippen LogP contribution in [0.5, 0.6) is 0 Å². The molecule has 110 valence electrons. The van der Waals surface area contributed by atoms with E-state index in [1.165, 1.54) is 6.42 Å². The normalized spacial score (nSPS) is 13.5. The molecular formula is C15H33NO2. The fourth-order valence-electron chi connectivity index (χ4n) is 2.03. The number of nitrogens with one attached hydrogen (secondary N) is 1. The van der Waals surface area contributed by atoms with Crippen molar-refractivity contribution >= 4 is 0 Å². The van der Waals surface area contributed by atoms with Crippen LogP contribution in [0.1, 0.15) is 47.0 Å². The number of rotatable bonds is 12. The van der Waals surface area contributed by atoms with Crippen molar-refractivity contribution in [3.63, 3.8) is 0 Å². The van der Waals surface area contributed by atoms with Gasteiger partial charge in [0.05, 0.1) is 0 Å². The number of methoxy groups -OCH3 is 1. The van der Waals surface area contributed by atoms with Gasteiger partial charge in [-0.05, 0) is 37.6 Å². The number of ether oxygens (including phenoxy) is 2. The van der Waals surface area contributed by atoms with E-state index in [0.29, 0.717) is 6.04 Å². The molecule has 0 aliphatic heterocycles. The maximum atomic E-state index is 5.65. The summed E-state index contributed by atoms with van der Waals surface area (Å²) in [6.45, 7) is 12.6. The average Bonchev–Trinajstić information content (AvgIpc) is 2.29.